The van der Waals surface area contributed by atoms with E-state index in [9.17, 15) is 18.0 Å². The van der Waals surface area contributed by atoms with Gasteiger partial charge in [-0.15, -0.1) is 0 Å². The molecule has 0 aliphatic carbocycles. The minimum absolute atomic E-state index is 0.414. The van der Waals surface area contributed by atoms with Crippen molar-refractivity contribution in [2.75, 3.05) is 11.9 Å². The number of primary amides is 1. The first-order chi connectivity index (χ1) is 17.8. The zero-order valence-corrected chi connectivity index (χ0v) is 20.1. The molecule has 5 nitrogen and oxygen atoms in total. The smallest absolute Gasteiger partial charge is 0.384 e. The average Bonchev–Trinajstić information content (AvgIpc) is 3.23. The molecule has 0 atom stereocenters. The van der Waals surface area contributed by atoms with Gasteiger partial charge in [0.15, 0.2) is 0 Å². The topological polar surface area (TPSA) is 72.9 Å². The van der Waals surface area contributed by atoms with Gasteiger partial charge in [-0.25, -0.2) is 0 Å². The van der Waals surface area contributed by atoms with Gasteiger partial charge in [0.05, 0.1) is 16.6 Å². The minimum Gasteiger partial charge on any atom is -0.384 e. The number of carbonyl (C=O) groups excluding carboxylic acids is 1. The maximum absolute atomic E-state index is 13.1. The summed E-state index contributed by atoms with van der Waals surface area (Å²) in [5.41, 5.74) is 9.78. The Kier molecular flexibility index (Phi) is 6.33. The van der Waals surface area contributed by atoms with E-state index in [1.807, 2.05) is 54.6 Å². The summed E-state index contributed by atoms with van der Waals surface area (Å²) in [7, 11) is 0. The highest BCUT2D eigenvalue weighted by atomic mass is 19.4. The highest BCUT2D eigenvalue weighted by Crippen LogP contribution is 2.39. The van der Waals surface area contributed by atoms with Crippen LogP contribution in [0.4, 0.5) is 18.9 Å². The monoisotopic (exact) mass is 502 g/mol. The van der Waals surface area contributed by atoms with Crippen LogP contribution in [0.3, 0.4) is 0 Å². The lowest BCUT2D eigenvalue weighted by Crippen LogP contribution is -2.15. The third-order valence-corrected chi connectivity index (χ3v) is 6.44. The lowest BCUT2D eigenvalue weighted by Gasteiger charge is -2.14. The molecule has 5 rings (SSSR count). The molecule has 8 heteroatoms. The van der Waals surface area contributed by atoms with Crippen molar-refractivity contribution < 1.29 is 18.0 Å². The second-order valence-electron chi connectivity index (χ2n) is 8.86. The number of halogens is 3. The van der Waals surface area contributed by atoms with Gasteiger partial charge < -0.3 is 15.6 Å². The van der Waals surface area contributed by atoms with Crippen LogP contribution < -0.4 is 11.1 Å². The zero-order chi connectivity index (χ0) is 26.2. The zero-order valence-electron chi connectivity index (χ0n) is 20.1. The van der Waals surface area contributed by atoms with Gasteiger partial charge >= 0.3 is 6.18 Å². The van der Waals surface area contributed by atoms with E-state index in [0.717, 1.165) is 52.0 Å². The summed E-state index contributed by atoms with van der Waals surface area (Å²) in [5, 5.41) is 5.19. The standard InChI is InChI=1S/C29H25F3N4O/c1-2-3-15-34-23-16-19(12-13-21(23)28(33)37)36-24-9-5-4-7-22(24)27-20(8-6-10-25(27)36)18-11-14-26(35-17-18)29(30,31)32/h4-14,16-17,34H,2-3,15H2,1H3,(H2,33,37). The van der Waals surface area contributed by atoms with Gasteiger partial charge in [0.1, 0.15) is 5.69 Å². The Labute approximate surface area is 211 Å². The number of rotatable bonds is 7. The Morgan fingerprint density at radius 3 is 2.49 bits per heavy atom. The van der Waals surface area contributed by atoms with E-state index >= 15 is 0 Å². The van der Waals surface area contributed by atoms with Crippen LogP contribution in [-0.4, -0.2) is 22.0 Å². The van der Waals surface area contributed by atoms with Gasteiger partial charge in [-0.1, -0.05) is 49.7 Å². The van der Waals surface area contributed by atoms with Gasteiger partial charge in [0.25, 0.3) is 5.91 Å². The average molecular weight is 503 g/mol. The number of anilines is 1. The highest BCUT2D eigenvalue weighted by Gasteiger charge is 2.32. The first-order valence-electron chi connectivity index (χ1n) is 12.0. The van der Waals surface area contributed by atoms with E-state index in [-0.39, 0.29) is 0 Å². The molecule has 2 aromatic heterocycles. The first kappa shape index (κ1) is 24.4. The first-order valence-corrected chi connectivity index (χ1v) is 12.0. The molecule has 0 unspecified atom stereocenters. The number of unbranched alkanes of at least 4 members (excludes halogenated alkanes) is 1. The Balaban J connectivity index is 1.72. The summed E-state index contributed by atoms with van der Waals surface area (Å²) in [6, 6.07) is 21.5. The Morgan fingerprint density at radius 2 is 1.78 bits per heavy atom. The van der Waals surface area contributed by atoms with Gasteiger partial charge in [-0.3, -0.25) is 9.78 Å². The number of fused-ring (bicyclic) bond motifs is 3. The fourth-order valence-corrected chi connectivity index (χ4v) is 4.69. The predicted octanol–water partition coefficient (Wildman–Crippen LogP) is 7.18. The molecule has 0 saturated carbocycles. The van der Waals surface area contributed by atoms with Crippen molar-refractivity contribution in [3.63, 3.8) is 0 Å². The van der Waals surface area contributed by atoms with Crippen LogP contribution in [0.5, 0.6) is 0 Å². The molecule has 5 aromatic rings. The lowest BCUT2D eigenvalue weighted by atomic mass is 10.0. The molecule has 3 N–H and O–H groups in total. The van der Waals surface area contributed by atoms with Crippen molar-refractivity contribution in [3.05, 3.63) is 90.3 Å². The number of hydrogen-bond donors (Lipinski definition) is 2. The molecule has 0 fully saturated rings. The number of benzene rings is 3. The fraction of sp³-hybridized carbons (Fsp3) is 0.172. The van der Waals surface area contributed by atoms with Gasteiger partial charge in [0, 0.05) is 40.5 Å². The van der Waals surface area contributed by atoms with Crippen LogP contribution in [0.15, 0.2) is 79.0 Å². The molecule has 2 heterocycles. The molecule has 0 radical (unpaired) electrons. The SMILES string of the molecule is CCCCNc1cc(-n2c3ccccc3c3c(-c4ccc(C(F)(F)F)nc4)cccc32)ccc1C(N)=O. The Bertz CT molecular complexity index is 1600. The lowest BCUT2D eigenvalue weighted by molar-refractivity contribution is -0.141. The number of nitrogens with zero attached hydrogens (tertiary/aromatic N) is 2. The molecule has 188 valence electrons. The fourth-order valence-electron chi connectivity index (χ4n) is 4.69. The molecule has 37 heavy (non-hydrogen) atoms. The van der Waals surface area contributed by atoms with E-state index in [0.29, 0.717) is 23.4 Å². The molecule has 0 spiro atoms. The summed E-state index contributed by atoms with van der Waals surface area (Å²) in [5.74, 6) is -0.509. The number of hydrogen-bond acceptors (Lipinski definition) is 3. The summed E-state index contributed by atoms with van der Waals surface area (Å²) < 4.78 is 41.3. The Hall–Kier alpha value is -4.33. The number of aromatic nitrogens is 2. The van der Waals surface area contributed by atoms with E-state index in [2.05, 4.69) is 21.8 Å². The molecule has 0 bridgehead atoms. The molecule has 0 aliphatic rings. The van der Waals surface area contributed by atoms with Gasteiger partial charge in [-0.05, 0) is 48.4 Å². The molecular formula is C29H25F3N4O. The maximum atomic E-state index is 13.1. The van der Waals surface area contributed by atoms with Crippen molar-refractivity contribution in [1.82, 2.24) is 9.55 Å². The van der Waals surface area contributed by atoms with Gasteiger partial charge in [0.2, 0.25) is 0 Å². The molecule has 0 saturated heterocycles. The second kappa shape index (κ2) is 9.61. The van der Waals surface area contributed by atoms with Gasteiger partial charge in [-0.2, -0.15) is 13.2 Å². The van der Waals surface area contributed by atoms with E-state index < -0.39 is 17.8 Å². The van der Waals surface area contributed by atoms with Crippen molar-refractivity contribution in [1.29, 1.82) is 0 Å². The van der Waals surface area contributed by atoms with Crippen molar-refractivity contribution in [2.24, 2.45) is 5.73 Å². The van der Waals surface area contributed by atoms with E-state index in [1.165, 1.54) is 12.3 Å². The number of para-hydroxylation sites is 1. The highest BCUT2D eigenvalue weighted by molar-refractivity contribution is 6.15. The molecule has 3 aromatic carbocycles. The Morgan fingerprint density at radius 1 is 1.00 bits per heavy atom. The number of nitrogens with one attached hydrogen (secondary N) is 1. The van der Waals surface area contributed by atoms with Crippen LogP contribution in [0.25, 0.3) is 38.6 Å². The maximum Gasteiger partial charge on any atom is 0.433 e. The van der Waals surface area contributed by atoms with Crippen LogP contribution in [0.2, 0.25) is 0 Å². The minimum atomic E-state index is -4.50. The summed E-state index contributed by atoms with van der Waals surface area (Å²) >= 11 is 0. The van der Waals surface area contributed by atoms with Crippen molar-refractivity contribution in [2.45, 2.75) is 25.9 Å². The number of carbonyl (C=O) groups is 1. The van der Waals surface area contributed by atoms with Crippen molar-refractivity contribution in [3.8, 4) is 16.8 Å². The van der Waals surface area contributed by atoms with Crippen LogP contribution >= 0.6 is 0 Å². The van der Waals surface area contributed by atoms with E-state index in [1.54, 1.807) is 6.07 Å². The predicted molar refractivity (Wildman–Crippen MR) is 141 cm³/mol. The summed E-state index contributed by atoms with van der Waals surface area (Å²) in [6.45, 7) is 2.80. The summed E-state index contributed by atoms with van der Waals surface area (Å²) in [6.07, 6.45) is -1.28. The third-order valence-electron chi connectivity index (χ3n) is 6.44. The summed E-state index contributed by atoms with van der Waals surface area (Å²) in [4.78, 5) is 15.7. The second-order valence-corrected chi connectivity index (χ2v) is 8.86. The quantitative estimate of drug-likeness (QED) is 0.232. The molecule has 1 amide bonds. The van der Waals surface area contributed by atoms with Crippen LogP contribution in [-0.2, 0) is 6.18 Å². The molecular weight excluding hydrogens is 477 g/mol. The normalized spacial score (nSPS) is 11.8. The van der Waals surface area contributed by atoms with Crippen molar-refractivity contribution >= 4 is 33.4 Å². The number of pyridine rings is 1. The molecule has 0 aliphatic heterocycles. The van der Waals surface area contributed by atoms with E-state index in [4.69, 9.17) is 5.73 Å². The third kappa shape index (κ3) is 4.50. The number of nitrogens with two attached hydrogens (primary N) is 1. The van der Waals surface area contributed by atoms with Crippen LogP contribution in [0, 0.1) is 0 Å². The number of amides is 1. The number of alkyl halides is 3. The largest absolute Gasteiger partial charge is 0.433 e. The van der Waals surface area contributed by atoms with Crippen LogP contribution in [0.1, 0.15) is 35.8 Å².